The third-order valence-corrected chi connectivity index (χ3v) is 3.51. The van der Waals surface area contributed by atoms with E-state index in [0.29, 0.717) is 0 Å². The van der Waals surface area contributed by atoms with Crippen molar-refractivity contribution >= 4 is 11.8 Å². The lowest BCUT2D eigenvalue weighted by Gasteiger charge is -2.15. The summed E-state index contributed by atoms with van der Waals surface area (Å²) in [6.45, 7) is 1.21. The molecule has 0 aliphatic heterocycles. The van der Waals surface area contributed by atoms with E-state index in [1.807, 2.05) is 0 Å². The van der Waals surface area contributed by atoms with Gasteiger partial charge in [0.2, 0.25) is 5.91 Å². The summed E-state index contributed by atoms with van der Waals surface area (Å²) in [4.78, 5) is 23.6. The maximum Gasteiger partial charge on any atom is 0.254 e. The maximum absolute atomic E-state index is 13.6. The Hall–Kier alpha value is -2.83. The molecule has 2 amide bonds. The Morgan fingerprint density at radius 2 is 1.56 bits per heavy atom. The van der Waals surface area contributed by atoms with E-state index >= 15 is 0 Å². The molecule has 132 valence electrons. The monoisotopic (exact) mass is 350 g/mol. The molecular weight excluding hydrogens is 333 g/mol. The first kappa shape index (κ1) is 18.5. The highest BCUT2D eigenvalue weighted by molar-refractivity contribution is 5.96. The molecular formula is C18H17F3N2O2. The summed E-state index contributed by atoms with van der Waals surface area (Å²) < 4.78 is 40.6. The van der Waals surface area contributed by atoms with Gasteiger partial charge in [-0.25, -0.2) is 13.2 Å². The first-order chi connectivity index (χ1) is 11.9. The van der Waals surface area contributed by atoms with E-state index in [1.165, 1.54) is 24.3 Å². The van der Waals surface area contributed by atoms with Crippen molar-refractivity contribution in [2.24, 2.45) is 0 Å². The van der Waals surface area contributed by atoms with E-state index in [4.69, 9.17) is 0 Å². The molecule has 1 unspecified atom stereocenters. The summed E-state index contributed by atoms with van der Waals surface area (Å²) in [6, 6.07) is 8.38. The molecule has 25 heavy (non-hydrogen) atoms. The van der Waals surface area contributed by atoms with Crippen molar-refractivity contribution < 1.29 is 22.8 Å². The van der Waals surface area contributed by atoms with Crippen LogP contribution in [0.1, 0.15) is 22.8 Å². The molecule has 2 N–H and O–H groups in total. The highest BCUT2D eigenvalue weighted by Gasteiger charge is 2.16. The topological polar surface area (TPSA) is 58.2 Å². The summed E-state index contributed by atoms with van der Waals surface area (Å²) in [5, 5.41) is 4.82. The van der Waals surface area contributed by atoms with E-state index in [1.54, 1.807) is 6.92 Å². The van der Waals surface area contributed by atoms with Crippen LogP contribution in [-0.2, 0) is 11.2 Å². The van der Waals surface area contributed by atoms with E-state index < -0.39 is 35.3 Å². The Kier molecular flexibility index (Phi) is 6.16. The molecule has 7 heteroatoms. The van der Waals surface area contributed by atoms with Crippen molar-refractivity contribution in [1.29, 1.82) is 0 Å². The molecule has 0 heterocycles. The van der Waals surface area contributed by atoms with Gasteiger partial charge in [0.1, 0.15) is 17.5 Å². The largest absolute Gasteiger partial charge is 0.352 e. The van der Waals surface area contributed by atoms with Crippen LogP contribution in [0.4, 0.5) is 13.2 Å². The molecule has 2 aromatic rings. The molecule has 0 aliphatic rings. The van der Waals surface area contributed by atoms with Crippen LogP contribution in [0.15, 0.2) is 42.5 Å². The molecule has 2 rings (SSSR count). The number of nitrogens with one attached hydrogen (secondary N) is 2. The van der Waals surface area contributed by atoms with Crippen LogP contribution in [0.25, 0.3) is 0 Å². The third-order valence-electron chi connectivity index (χ3n) is 3.51. The third kappa shape index (κ3) is 5.07. The van der Waals surface area contributed by atoms with Gasteiger partial charge in [0.05, 0.1) is 12.1 Å². The predicted octanol–water partition coefficient (Wildman–Crippen LogP) is 2.58. The predicted molar refractivity (Wildman–Crippen MR) is 86.4 cm³/mol. The van der Waals surface area contributed by atoms with Crippen molar-refractivity contribution in [3.8, 4) is 0 Å². The van der Waals surface area contributed by atoms with Crippen molar-refractivity contribution in [1.82, 2.24) is 10.6 Å². The van der Waals surface area contributed by atoms with Gasteiger partial charge in [0, 0.05) is 11.6 Å². The van der Waals surface area contributed by atoms with E-state index in [0.717, 1.165) is 18.2 Å². The fourth-order valence-electron chi connectivity index (χ4n) is 2.31. The molecule has 0 aliphatic carbocycles. The van der Waals surface area contributed by atoms with Crippen LogP contribution in [0.2, 0.25) is 0 Å². The van der Waals surface area contributed by atoms with E-state index in [2.05, 4.69) is 10.6 Å². The smallest absolute Gasteiger partial charge is 0.254 e. The molecule has 0 saturated carbocycles. The normalized spacial score (nSPS) is 11.7. The number of hydrogen-bond donors (Lipinski definition) is 2. The minimum Gasteiger partial charge on any atom is -0.352 e. The molecule has 0 aromatic heterocycles. The molecule has 0 spiro atoms. The molecule has 0 bridgehead atoms. The number of hydrogen-bond acceptors (Lipinski definition) is 2. The zero-order chi connectivity index (χ0) is 18.4. The van der Waals surface area contributed by atoms with Gasteiger partial charge in [-0.1, -0.05) is 18.2 Å². The van der Waals surface area contributed by atoms with Crippen molar-refractivity contribution in [2.75, 3.05) is 6.54 Å². The standard InChI is InChI=1S/C18H17F3N2O2/c1-11(9-13-15(20)7-4-8-16(13)21)23-17(24)10-22-18(25)12-5-2-3-6-14(12)19/h2-8,11H,9-10H2,1H3,(H,22,25)(H,23,24). The highest BCUT2D eigenvalue weighted by Crippen LogP contribution is 2.14. The molecule has 0 radical (unpaired) electrons. The molecule has 4 nitrogen and oxygen atoms in total. The number of rotatable bonds is 6. The first-order valence-electron chi connectivity index (χ1n) is 7.63. The minimum absolute atomic E-state index is 0.0362. The Bertz CT molecular complexity index is 760. The quantitative estimate of drug-likeness (QED) is 0.841. The van der Waals surface area contributed by atoms with Gasteiger partial charge in [-0.15, -0.1) is 0 Å². The summed E-state index contributed by atoms with van der Waals surface area (Å²) in [5.41, 5.74) is -0.289. The maximum atomic E-state index is 13.6. The van der Waals surface area contributed by atoms with Crippen LogP contribution >= 0.6 is 0 Å². The second kappa shape index (κ2) is 8.32. The van der Waals surface area contributed by atoms with Crippen molar-refractivity contribution in [3.05, 3.63) is 71.0 Å². The number of amides is 2. The van der Waals surface area contributed by atoms with Gasteiger partial charge < -0.3 is 10.6 Å². The highest BCUT2D eigenvalue weighted by atomic mass is 19.1. The fourth-order valence-corrected chi connectivity index (χ4v) is 2.31. The lowest BCUT2D eigenvalue weighted by Crippen LogP contribution is -2.42. The van der Waals surface area contributed by atoms with Gasteiger partial charge in [-0.2, -0.15) is 0 Å². The van der Waals surface area contributed by atoms with Crippen molar-refractivity contribution in [3.63, 3.8) is 0 Å². The second-order valence-electron chi connectivity index (χ2n) is 5.54. The summed E-state index contributed by atoms with van der Waals surface area (Å²) >= 11 is 0. The van der Waals surface area contributed by atoms with Gasteiger partial charge >= 0.3 is 0 Å². The number of benzene rings is 2. The second-order valence-corrected chi connectivity index (χ2v) is 5.54. The Morgan fingerprint density at radius 3 is 2.20 bits per heavy atom. The SMILES string of the molecule is CC(Cc1c(F)cccc1F)NC(=O)CNC(=O)c1ccccc1F. The molecule has 0 fully saturated rings. The zero-order valence-corrected chi connectivity index (χ0v) is 13.5. The summed E-state index contributed by atoms with van der Waals surface area (Å²) in [6.07, 6.45) is -0.0362. The summed E-state index contributed by atoms with van der Waals surface area (Å²) in [5.74, 6) is -3.33. The lowest BCUT2D eigenvalue weighted by atomic mass is 10.1. The van der Waals surface area contributed by atoms with Crippen LogP contribution in [0.3, 0.4) is 0 Å². The molecule has 2 aromatic carbocycles. The molecule has 1 atom stereocenters. The van der Waals surface area contributed by atoms with Crippen molar-refractivity contribution in [2.45, 2.75) is 19.4 Å². The van der Waals surface area contributed by atoms with Crippen LogP contribution < -0.4 is 10.6 Å². The summed E-state index contributed by atoms with van der Waals surface area (Å²) in [7, 11) is 0. The Balaban J connectivity index is 1.86. The number of carbonyl (C=O) groups excluding carboxylic acids is 2. The zero-order valence-electron chi connectivity index (χ0n) is 13.5. The first-order valence-corrected chi connectivity index (χ1v) is 7.63. The van der Waals surface area contributed by atoms with Crippen LogP contribution in [0.5, 0.6) is 0 Å². The fraction of sp³-hybridized carbons (Fsp3) is 0.222. The van der Waals surface area contributed by atoms with Gasteiger partial charge in [-0.05, 0) is 37.6 Å². The Morgan fingerprint density at radius 1 is 0.960 bits per heavy atom. The van der Waals surface area contributed by atoms with Crippen LogP contribution in [0, 0.1) is 17.5 Å². The van der Waals surface area contributed by atoms with Gasteiger partial charge in [0.25, 0.3) is 5.91 Å². The van der Waals surface area contributed by atoms with Crippen LogP contribution in [-0.4, -0.2) is 24.4 Å². The van der Waals surface area contributed by atoms with E-state index in [9.17, 15) is 22.8 Å². The molecule has 0 saturated heterocycles. The number of halogens is 3. The Labute approximate surface area is 143 Å². The average Bonchev–Trinajstić information content (AvgIpc) is 2.56. The van der Waals surface area contributed by atoms with Gasteiger partial charge in [0.15, 0.2) is 0 Å². The average molecular weight is 350 g/mol. The lowest BCUT2D eigenvalue weighted by molar-refractivity contribution is -0.120. The van der Waals surface area contributed by atoms with Gasteiger partial charge in [-0.3, -0.25) is 9.59 Å². The van der Waals surface area contributed by atoms with E-state index in [-0.39, 0.29) is 24.1 Å². The number of carbonyl (C=O) groups is 2. The minimum atomic E-state index is -0.721.